The van der Waals surface area contributed by atoms with E-state index < -0.39 is 5.97 Å². The van der Waals surface area contributed by atoms with Crippen LogP contribution < -0.4 is 0 Å². The van der Waals surface area contributed by atoms with Crippen LogP contribution in [-0.4, -0.2) is 50.6 Å². The molecule has 0 heterocycles. The van der Waals surface area contributed by atoms with E-state index in [1.54, 1.807) is 38.2 Å². The number of rotatable bonds is 5. The van der Waals surface area contributed by atoms with Crippen LogP contribution in [0.4, 0.5) is 0 Å². The van der Waals surface area contributed by atoms with Crippen molar-refractivity contribution < 1.29 is 9.53 Å². The van der Waals surface area contributed by atoms with Crippen LogP contribution in [0, 0.1) is 11.3 Å². The maximum Gasteiger partial charge on any atom is 0.351 e. The Morgan fingerprint density at radius 2 is 1.94 bits per heavy atom. The molecular formula is C12H19N3O2. The largest absolute Gasteiger partial charge is 0.462 e. The third-order valence-electron chi connectivity index (χ3n) is 1.86. The van der Waals surface area contributed by atoms with E-state index in [0.29, 0.717) is 5.70 Å². The highest BCUT2D eigenvalue weighted by molar-refractivity contribution is 5.94. The molecule has 0 aliphatic rings. The molecule has 0 aliphatic heterocycles. The summed E-state index contributed by atoms with van der Waals surface area (Å²) in [6.45, 7) is 1.96. The van der Waals surface area contributed by atoms with Gasteiger partial charge < -0.3 is 14.5 Å². The van der Waals surface area contributed by atoms with Crippen molar-refractivity contribution in [3.63, 3.8) is 0 Å². The van der Waals surface area contributed by atoms with Gasteiger partial charge in [-0.25, -0.2) is 4.79 Å². The van der Waals surface area contributed by atoms with Crippen LogP contribution in [0.2, 0.25) is 0 Å². The Bertz CT molecular complexity index is 362. The molecule has 0 N–H and O–H groups in total. The van der Waals surface area contributed by atoms with Crippen LogP contribution in [0.3, 0.4) is 0 Å². The van der Waals surface area contributed by atoms with Gasteiger partial charge in [0.25, 0.3) is 0 Å². The Hall–Kier alpha value is -1.96. The SMILES string of the molecule is CCOC(=O)/C(C#N)=C(/C=C/N(C)C)N(C)C. The maximum absolute atomic E-state index is 11.6. The van der Waals surface area contributed by atoms with Gasteiger partial charge in [0.05, 0.1) is 12.3 Å². The summed E-state index contributed by atoms with van der Waals surface area (Å²) >= 11 is 0. The van der Waals surface area contributed by atoms with Crippen molar-refractivity contribution in [3.05, 3.63) is 23.5 Å². The standard InChI is InChI=1S/C12H19N3O2/c1-6-17-12(16)10(9-13)11(15(4)5)7-8-14(2)3/h7-8H,6H2,1-5H3/b8-7+,11-10-. The van der Waals surface area contributed by atoms with Gasteiger partial charge in [0.1, 0.15) is 6.07 Å². The first-order valence-corrected chi connectivity index (χ1v) is 5.27. The zero-order valence-electron chi connectivity index (χ0n) is 11.0. The van der Waals surface area contributed by atoms with E-state index in [1.807, 2.05) is 25.1 Å². The van der Waals surface area contributed by atoms with Gasteiger partial charge >= 0.3 is 5.97 Å². The predicted octanol–water partition coefficient (Wildman–Crippen LogP) is 0.964. The fraction of sp³-hybridized carbons (Fsp3) is 0.500. The number of allylic oxidation sites excluding steroid dienone is 1. The molecule has 0 fully saturated rings. The number of likely N-dealkylation sites (N-methyl/N-ethyl adjacent to an activating group) is 1. The molecule has 0 saturated heterocycles. The summed E-state index contributed by atoms with van der Waals surface area (Å²) in [6.07, 6.45) is 3.47. The number of ether oxygens (including phenoxy) is 1. The third kappa shape index (κ3) is 5.07. The van der Waals surface area contributed by atoms with E-state index in [-0.39, 0.29) is 12.2 Å². The summed E-state index contributed by atoms with van der Waals surface area (Å²) in [5.41, 5.74) is 0.537. The topological polar surface area (TPSA) is 56.6 Å². The molecule has 0 spiro atoms. The molecule has 0 aromatic heterocycles. The monoisotopic (exact) mass is 237 g/mol. The van der Waals surface area contributed by atoms with Gasteiger partial charge in [-0.05, 0) is 13.0 Å². The average molecular weight is 237 g/mol. The van der Waals surface area contributed by atoms with Gasteiger partial charge in [0, 0.05) is 34.4 Å². The molecule has 0 atom stereocenters. The number of carbonyl (C=O) groups excluding carboxylic acids is 1. The van der Waals surface area contributed by atoms with Crippen molar-refractivity contribution >= 4 is 5.97 Å². The first-order chi connectivity index (χ1) is 7.93. The molecule has 5 heteroatoms. The second-order valence-electron chi connectivity index (χ2n) is 3.77. The van der Waals surface area contributed by atoms with Crippen LogP contribution in [0.5, 0.6) is 0 Å². The van der Waals surface area contributed by atoms with E-state index in [9.17, 15) is 4.79 Å². The smallest absolute Gasteiger partial charge is 0.351 e. The van der Waals surface area contributed by atoms with Gasteiger partial charge in [-0.15, -0.1) is 0 Å². The highest BCUT2D eigenvalue weighted by Crippen LogP contribution is 2.10. The lowest BCUT2D eigenvalue weighted by Crippen LogP contribution is -2.18. The lowest BCUT2D eigenvalue weighted by Gasteiger charge is -2.16. The Morgan fingerprint density at radius 1 is 1.35 bits per heavy atom. The Balaban J connectivity index is 5.34. The minimum Gasteiger partial charge on any atom is -0.462 e. The lowest BCUT2D eigenvalue weighted by molar-refractivity contribution is -0.138. The second kappa shape index (κ2) is 7.34. The highest BCUT2D eigenvalue weighted by atomic mass is 16.5. The summed E-state index contributed by atoms with van der Waals surface area (Å²) in [6, 6.07) is 1.89. The van der Waals surface area contributed by atoms with E-state index in [4.69, 9.17) is 10.00 Å². The number of hydrogen-bond donors (Lipinski definition) is 0. The minimum atomic E-state index is -0.595. The summed E-state index contributed by atoms with van der Waals surface area (Å²) in [4.78, 5) is 15.1. The molecule has 0 aromatic rings. The molecule has 0 aromatic carbocycles. The van der Waals surface area contributed by atoms with Crippen molar-refractivity contribution in [3.8, 4) is 6.07 Å². The second-order valence-corrected chi connectivity index (χ2v) is 3.77. The fourth-order valence-corrected chi connectivity index (χ4v) is 1.09. The number of nitriles is 1. The van der Waals surface area contributed by atoms with Crippen molar-refractivity contribution in [2.24, 2.45) is 0 Å². The van der Waals surface area contributed by atoms with Crippen LogP contribution in [0.15, 0.2) is 23.5 Å². The number of nitrogens with zero attached hydrogens (tertiary/aromatic N) is 3. The zero-order chi connectivity index (χ0) is 13.4. The molecule has 0 bridgehead atoms. The Kier molecular flexibility index (Phi) is 6.49. The van der Waals surface area contributed by atoms with E-state index in [1.165, 1.54) is 0 Å². The van der Waals surface area contributed by atoms with E-state index in [2.05, 4.69) is 0 Å². The van der Waals surface area contributed by atoms with Gasteiger partial charge in [0.15, 0.2) is 5.57 Å². The van der Waals surface area contributed by atoms with Crippen molar-refractivity contribution in [1.29, 1.82) is 5.26 Å². The van der Waals surface area contributed by atoms with Crippen LogP contribution in [-0.2, 0) is 9.53 Å². The summed E-state index contributed by atoms with van der Waals surface area (Å²) in [7, 11) is 7.26. The fourth-order valence-electron chi connectivity index (χ4n) is 1.09. The van der Waals surface area contributed by atoms with Gasteiger partial charge in [-0.2, -0.15) is 5.26 Å². The van der Waals surface area contributed by atoms with Crippen LogP contribution in [0.1, 0.15) is 6.92 Å². The van der Waals surface area contributed by atoms with Crippen molar-refractivity contribution in [1.82, 2.24) is 9.80 Å². The predicted molar refractivity (Wildman–Crippen MR) is 65.8 cm³/mol. The zero-order valence-corrected chi connectivity index (χ0v) is 11.0. The van der Waals surface area contributed by atoms with Gasteiger partial charge in [-0.1, -0.05) is 0 Å². The van der Waals surface area contributed by atoms with Crippen molar-refractivity contribution in [2.45, 2.75) is 6.92 Å². The molecule has 17 heavy (non-hydrogen) atoms. The third-order valence-corrected chi connectivity index (χ3v) is 1.86. The quantitative estimate of drug-likeness (QED) is 0.308. The highest BCUT2D eigenvalue weighted by Gasteiger charge is 2.16. The first-order valence-electron chi connectivity index (χ1n) is 5.27. The minimum absolute atomic E-state index is 0.00921. The maximum atomic E-state index is 11.6. The lowest BCUT2D eigenvalue weighted by atomic mass is 10.2. The molecule has 0 rings (SSSR count). The molecule has 0 amide bonds. The number of carbonyl (C=O) groups is 1. The van der Waals surface area contributed by atoms with Crippen molar-refractivity contribution in [2.75, 3.05) is 34.8 Å². The van der Waals surface area contributed by atoms with Gasteiger partial charge in [0.2, 0.25) is 0 Å². The summed E-state index contributed by atoms with van der Waals surface area (Å²) < 4.78 is 4.84. The number of hydrogen-bond acceptors (Lipinski definition) is 5. The summed E-state index contributed by atoms with van der Waals surface area (Å²) in [5, 5.41) is 9.02. The molecule has 0 radical (unpaired) electrons. The van der Waals surface area contributed by atoms with Gasteiger partial charge in [-0.3, -0.25) is 0 Å². The Morgan fingerprint density at radius 3 is 2.29 bits per heavy atom. The number of esters is 1. The van der Waals surface area contributed by atoms with Crippen LogP contribution in [0.25, 0.3) is 0 Å². The average Bonchev–Trinajstić information content (AvgIpc) is 2.23. The molecular weight excluding hydrogens is 218 g/mol. The van der Waals surface area contributed by atoms with Crippen LogP contribution >= 0.6 is 0 Å². The molecule has 0 aliphatic carbocycles. The molecule has 94 valence electrons. The Labute approximate surface area is 103 Å². The molecule has 0 unspecified atom stereocenters. The van der Waals surface area contributed by atoms with E-state index >= 15 is 0 Å². The first kappa shape index (κ1) is 15.0. The summed E-state index contributed by atoms with van der Waals surface area (Å²) in [5.74, 6) is -0.595. The van der Waals surface area contributed by atoms with E-state index in [0.717, 1.165) is 0 Å². The molecule has 0 saturated carbocycles. The normalized spacial score (nSPS) is 11.8. The molecule has 5 nitrogen and oxygen atoms in total.